The molecule has 2 aromatic heterocycles. The summed E-state index contributed by atoms with van der Waals surface area (Å²) in [5.74, 6) is 1.11. The summed E-state index contributed by atoms with van der Waals surface area (Å²) in [7, 11) is 0. The van der Waals surface area contributed by atoms with Crippen molar-refractivity contribution in [1.82, 2.24) is 24.9 Å². The van der Waals surface area contributed by atoms with Crippen molar-refractivity contribution in [2.45, 2.75) is 65.0 Å². The maximum Gasteiger partial charge on any atom is 0.292 e. The summed E-state index contributed by atoms with van der Waals surface area (Å²) >= 11 is 0. The molecule has 0 spiro atoms. The van der Waals surface area contributed by atoms with E-state index in [9.17, 15) is 9.59 Å². The van der Waals surface area contributed by atoms with Crippen LogP contribution in [0.25, 0.3) is 0 Å². The molecule has 0 aromatic carbocycles. The lowest BCUT2D eigenvalue weighted by atomic mass is 10.0. The molecule has 8 nitrogen and oxygen atoms in total. The largest absolute Gasteiger partial charge is 0.351 e. The number of aromatic nitrogens is 3. The van der Waals surface area contributed by atoms with Crippen molar-refractivity contribution < 1.29 is 14.1 Å². The SMILES string of the molecule is CC(=O)N1CCCC[C@@H]1c1ncc2c(n1)CCN(C(=O)c1cc(C(C)C)no1)C2. The average molecular weight is 397 g/mol. The highest BCUT2D eigenvalue weighted by Crippen LogP contribution is 2.30. The minimum Gasteiger partial charge on any atom is -0.351 e. The Bertz CT molecular complexity index is 923. The highest BCUT2D eigenvalue weighted by molar-refractivity contribution is 5.91. The maximum atomic E-state index is 12.8. The second-order valence-electron chi connectivity index (χ2n) is 8.17. The van der Waals surface area contributed by atoms with Gasteiger partial charge in [-0.15, -0.1) is 0 Å². The first-order chi connectivity index (χ1) is 13.9. The molecule has 4 heterocycles. The van der Waals surface area contributed by atoms with E-state index in [2.05, 4.69) is 10.1 Å². The minimum absolute atomic E-state index is 0.0464. The van der Waals surface area contributed by atoms with Gasteiger partial charge in [-0.2, -0.15) is 0 Å². The zero-order chi connectivity index (χ0) is 20.5. The van der Waals surface area contributed by atoms with Crippen LogP contribution in [0, 0.1) is 0 Å². The van der Waals surface area contributed by atoms with E-state index in [0.717, 1.165) is 48.6 Å². The first kappa shape index (κ1) is 19.5. The second kappa shape index (κ2) is 7.93. The molecule has 1 saturated heterocycles. The Balaban J connectivity index is 1.50. The maximum absolute atomic E-state index is 12.8. The number of hydrogen-bond acceptors (Lipinski definition) is 6. The number of hydrogen-bond donors (Lipinski definition) is 0. The molecular formula is C21H27N5O3. The summed E-state index contributed by atoms with van der Waals surface area (Å²) in [5, 5.41) is 3.98. The van der Waals surface area contributed by atoms with E-state index in [0.29, 0.717) is 19.5 Å². The predicted octanol–water partition coefficient (Wildman–Crippen LogP) is 2.86. The lowest BCUT2D eigenvalue weighted by molar-refractivity contribution is -0.132. The van der Waals surface area contributed by atoms with Gasteiger partial charge in [0.1, 0.15) is 0 Å². The smallest absolute Gasteiger partial charge is 0.292 e. The highest BCUT2D eigenvalue weighted by Gasteiger charge is 2.30. The summed E-state index contributed by atoms with van der Waals surface area (Å²) in [6, 6.07) is 1.68. The van der Waals surface area contributed by atoms with Crippen LogP contribution in [0.2, 0.25) is 0 Å². The molecule has 154 valence electrons. The van der Waals surface area contributed by atoms with Crippen LogP contribution in [0.1, 0.15) is 85.3 Å². The van der Waals surface area contributed by atoms with Crippen molar-refractivity contribution in [2.24, 2.45) is 0 Å². The highest BCUT2D eigenvalue weighted by atomic mass is 16.5. The van der Waals surface area contributed by atoms with Crippen molar-refractivity contribution in [1.29, 1.82) is 0 Å². The number of fused-ring (bicyclic) bond motifs is 1. The van der Waals surface area contributed by atoms with Crippen LogP contribution in [0.15, 0.2) is 16.8 Å². The molecule has 1 atom stereocenters. The third-order valence-electron chi connectivity index (χ3n) is 5.78. The Morgan fingerprint density at radius 3 is 2.79 bits per heavy atom. The van der Waals surface area contributed by atoms with Gasteiger partial charge in [0.25, 0.3) is 5.91 Å². The van der Waals surface area contributed by atoms with Gasteiger partial charge in [0.2, 0.25) is 11.7 Å². The van der Waals surface area contributed by atoms with Gasteiger partial charge >= 0.3 is 0 Å². The van der Waals surface area contributed by atoms with E-state index in [4.69, 9.17) is 9.51 Å². The lowest BCUT2D eigenvalue weighted by Gasteiger charge is -2.34. The fourth-order valence-corrected chi connectivity index (χ4v) is 4.06. The van der Waals surface area contributed by atoms with Crippen LogP contribution < -0.4 is 0 Å². The van der Waals surface area contributed by atoms with Gasteiger partial charge < -0.3 is 14.3 Å². The number of likely N-dealkylation sites (tertiary alicyclic amines) is 1. The van der Waals surface area contributed by atoms with E-state index in [-0.39, 0.29) is 29.5 Å². The van der Waals surface area contributed by atoms with E-state index in [1.807, 2.05) is 24.9 Å². The molecule has 29 heavy (non-hydrogen) atoms. The van der Waals surface area contributed by atoms with Crippen LogP contribution in [0.3, 0.4) is 0 Å². The zero-order valence-electron chi connectivity index (χ0n) is 17.2. The van der Waals surface area contributed by atoms with Gasteiger partial charge in [-0.3, -0.25) is 9.59 Å². The standard InChI is InChI=1S/C21H27N5O3/c1-13(2)17-10-19(29-24-17)21(28)25-9-7-16-15(12-25)11-22-20(23-16)18-6-4-5-8-26(18)14(3)27/h10-11,13,18H,4-9,12H2,1-3H3/t18-/m1/s1. The molecular weight excluding hydrogens is 370 g/mol. The van der Waals surface area contributed by atoms with E-state index < -0.39 is 0 Å². The van der Waals surface area contributed by atoms with Crippen LogP contribution in [0.5, 0.6) is 0 Å². The Morgan fingerprint density at radius 1 is 1.24 bits per heavy atom. The summed E-state index contributed by atoms with van der Waals surface area (Å²) < 4.78 is 5.25. The summed E-state index contributed by atoms with van der Waals surface area (Å²) in [5.41, 5.74) is 2.69. The van der Waals surface area contributed by atoms with Crippen molar-refractivity contribution in [3.05, 3.63) is 40.8 Å². The Morgan fingerprint density at radius 2 is 2.07 bits per heavy atom. The number of amides is 2. The molecule has 0 unspecified atom stereocenters. The van der Waals surface area contributed by atoms with Gasteiger partial charge in [-0.1, -0.05) is 19.0 Å². The molecule has 2 aliphatic rings. The van der Waals surface area contributed by atoms with Crippen LogP contribution in [-0.2, 0) is 17.8 Å². The van der Waals surface area contributed by atoms with Crippen molar-refractivity contribution >= 4 is 11.8 Å². The number of rotatable bonds is 3. The number of piperidine rings is 1. The molecule has 2 aromatic rings. The van der Waals surface area contributed by atoms with E-state index in [1.54, 1.807) is 17.9 Å². The molecule has 2 aliphatic heterocycles. The fourth-order valence-electron chi connectivity index (χ4n) is 4.06. The topological polar surface area (TPSA) is 92.4 Å². The third-order valence-corrected chi connectivity index (χ3v) is 5.78. The van der Waals surface area contributed by atoms with Crippen molar-refractivity contribution in [3.63, 3.8) is 0 Å². The third kappa shape index (κ3) is 3.88. The Labute approximate surface area is 170 Å². The molecule has 0 bridgehead atoms. The zero-order valence-corrected chi connectivity index (χ0v) is 17.2. The van der Waals surface area contributed by atoms with Crippen LogP contribution in [0.4, 0.5) is 0 Å². The van der Waals surface area contributed by atoms with E-state index >= 15 is 0 Å². The molecule has 0 N–H and O–H groups in total. The quantitative estimate of drug-likeness (QED) is 0.791. The van der Waals surface area contributed by atoms with Gasteiger partial charge in [0, 0.05) is 50.8 Å². The summed E-state index contributed by atoms with van der Waals surface area (Å²) in [6.45, 7) is 7.41. The van der Waals surface area contributed by atoms with Crippen LogP contribution in [-0.4, -0.2) is 49.8 Å². The normalized spacial score (nSPS) is 19.4. The molecule has 0 saturated carbocycles. The second-order valence-corrected chi connectivity index (χ2v) is 8.17. The molecule has 2 amide bonds. The van der Waals surface area contributed by atoms with Gasteiger partial charge in [-0.05, 0) is 25.2 Å². The average Bonchev–Trinajstić information content (AvgIpc) is 3.23. The van der Waals surface area contributed by atoms with Gasteiger partial charge in [0.15, 0.2) is 5.82 Å². The fraction of sp³-hybridized carbons (Fsp3) is 0.571. The number of carbonyl (C=O) groups excluding carboxylic acids is 2. The molecule has 0 aliphatic carbocycles. The van der Waals surface area contributed by atoms with Gasteiger partial charge in [0.05, 0.1) is 17.4 Å². The van der Waals surface area contributed by atoms with Gasteiger partial charge in [-0.25, -0.2) is 9.97 Å². The first-order valence-electron chi connectivity index (χ1n) is 10.3. The van der Waals surface area contributed by atoms with Crippen molar-refractivity contribution in [2.75, 3.05) is 13.1 Å². The lowest BCUT2D eigenvalue weighted by Crippen LogP contribution is -2.39. The number of carbonyl (C=O) groups is 2. The first-order valence-corrected chi connectivity index (χ1v) is 10.3. The monoisotopic (exact) mass is 397 g/mol. The Kier molecular flexibility index (Phi) is 5.34. The molecule has 1 fully saturated rings. The number of nitrogens with zero attached hydrogens (tertiary/aromatic N) is 5. The van der Waals surface area contributed by atoms with E-state index in [1.165, 1.54) is 0 Å². The summed E-state index contributed by atoms with van der Waals surface area (Å²) in [6.07, 6.45) is 5.47. The molecule has 4 rings (SSSR count). The minimum atomic E-state index is -0.158. The molecule has 0 radical (unpaired) electrons. The predicted molar refractivity (Wildman–Crippen MR) is 105 cm³/mol. The Hall–Kier alpha value is -2.77. The summed E-state index contributed by atoms with van der Waals surface area (Å²) in [4.78, 5) is 37.7. The molecule has 8 heteroatoms. The van der Waals surface area contributed by atoms with Crippen molar-refractivity contribution in [3.8, 4) is 0 Å². The van der Waals surface area contributed by atoms with Crippen LogP contribution >= 0.6 is 0 Å².